The number of aromatic nitrogens is 1. The van der Waals surface area contributed by atoms with Gasteiger partial charge in [0, 0.05) is 11.9 Å². The van der Waals surface area contributed by atoms with Gasteiger partial charge in [0.2, 0.25) is 0 Å². The topological polar surface area (TPSA) is 25.4 Å². The van der Waals surface area contributed by atoms with Crippen LogP contribution in [0.4, 0.5) is 0 Å². The number of unbranched alkanes of at least 4 members (excludes halogenated alkanes) is 1. The molecule has 0 amide bonds. The fourth-order valence-corrected chi connectivity index (χ4v) is 3.12. The Morgan fingerprint density at radius 1 is 1.24 bits per heavy atom. The van der Waals surface area contributed by atoms with Gasteiger partial charge < -0.3 is 4.74 Å². The first-order valence-electron chi connectivity index (χ1n) is 7.58. The number of ether oxygens (including phenoxy) is 1. The zero-order chi connectivity index (χ0) is 15.1. The summed E-state index contributed by atoms with van der Waals surface area (Å²) in [5.41, 5.74) is 2.23. The van der Waals surface area contributed by atoms with Crippen molar-refractivity contribution >= 4 is 11.3 Å². The molecule has 0 aliphatic heterocycles. The molecule has 0 N–H and O–H groups in total. The molecule has 0 aliphatic carbocycles. The van der Waals surface area contributed by atoms with Crippen LogP contribution < -0.4 is 4.74 Å². The summed E-state index contributed by atoms with van der Waals surface area (Å²) < 4.78 is 5.42. The van der Waals surface area contributed by atoms with Gasteiger partial charge in [-0.3, -0.25) is 4.90 Å². The average molecular weight is 304 g/mol. The molecule has 0 saturated carbocycles. The molecular formula is C17H24N2OS. The van der Waals surface area contributed by atoms with Gasteiger partial charge in [0.25, 0.3) is 0 Å². The molecule has 0 bridgehead atoms. The minimum absolute atomic E-state index is 0.886. The van der Waals surface area contributed by atoms with Crippen LogP contribution in [0.3, 0.4) is 0 Å². The molecule has 0 saturated heterocycles. The van der Waals surface area contributed by atoms with Crippen LogP contribution in [0.1, 0.15) is 32.4 Å². The monoisotopic (exact) mass is 304 g/mol. The van der Waals surface area contributed by atoms with Crippen molar-refractivity contribution in [3.8, 4) is 16.3 Å². The number of nitrogens with zero attached hydrogens (tertiary/aromatic N) is 2. The van der Waals surface area contributed by atoms with Crippen LogP contribution in [0.15, 0.2) is 29.6 Å². The smallest absolute Gasteiger partial charge is 0.129 e. The highest BCUT2D eigenvalue weighted by atomic mass is 32.1. The van der Waals surface area contributed by atoms with Crippen molar-refractivity contribution < 1.29 is 4.74 Å². The molecule has 0 fully saturated rings. The third-order valence-electron chi connectivity index (χ3n) is 3.55. The standard InChI is InChI=1S/C17H24N2OS/c1-4-6-11-19(5-2)12-14-13-21-17(18-14)15-9-7-8-10-16(15)20-3/h7-10,13H,4-6,11-12H2,1-3H3. The molecule has 0 radical (unpaired) electrons. The van der Waals surface area contributed by atoms with Crippen molar-refractivity contribution in [2.45, 2.75) is 33.2 Å². The second-order valence-corrected chi connectivity index (χ2v) is 5.92. The van der Waals surface area contributed by atoms with Crippen LogP contribution in [0.25, 0.3) is 10.6 Å². The predicted molar refractivity (Wildman–Crippen MR) is 90.0 cm³/mol. The van der Waals surface area contributed by atoms with Gasteiger partial charge in [-0.05, 0) is 31.6 Å². The highest BCUT2D eigenvalue weighted by Gasteiger charge is 2.11. The van der Waals surface area contributed by atoms with E-state index in [1.807, 2.05) is 18.2 Å². The Balaban J connectivity index is 2.10. The van der Waals surface area contributed by atoms with Crippen LogP contribution in [0.2, 0.25) is 0 Å². The third-order valence-corrected chi connectivity index (χ3v) is 4.47. The number of methoxy groups -OCH3 is 1. The highest BCUT2D eigenvalue weighted by Crippen LogP contribution is 2.32. The van der Waals surface area contributed by atoms with Crippen LogP contribution in [0.5, 0.6) is 5.75 Å². The van der Waals surface area contributed by atoms with Gasteiger partial charge in [-0.1, -0.05) is 32.4 Å². The van der Waals surface area contributed by atoms with Gasteiger partial charge in [0.1, 0.15) is 10.8 Å². The van der Waals surface area contributed by atoms with Crippen molar-refractivity contribution in [3.63, 3.8) is 0 Å². The van der Waals surface area contributed by atoms with Crippen molar-refractivity contribution in [1.29, 1.82) is 0 Å². The predicted octanol–water partition coefficient (Wildman–Crippen LogP) is 4.44. The Kier molecular flexibility index (Phi) is 6.21. The quantitative estimate of drug-likeness (QED) is 0.721. The van der Waals surface area contributed by atoms with Crippen LogP contribution in [-0.4, -0.2) is 30.1 Å². The first-order chi connectivity index (χ1) is 10.3. The zero-order valence-corrected chi connectivity index (χ0v) is 13.9. The number of rotatable bonds is 8. The van der Waals surface area contributed by atoms with E-state index in [1.165, 1.54) is 12.8 Å². The van der Waals surface area contributed by atoms with E-state index in [4.69, 9.17) is 9.72 Å². The van der Waals surface area contributed by atoms with Gasteiger partial charge >= 0.3 is 0 Å². The second-order valence-electron chi connectivity index (χ2n) is 5.07. The van der Waals surface area contributed by atoms with E-state index in [0.29, 0.717) is 0 Å². The first-order valence-corrected chi connectivity index (χ1v) is 8.46. The lowest BCUT2D eigenvalue weighted by Gasteiger charge is -2.18. The van der Waals surface area contributed by atoms with E-state index in [2.05, 4.69) is 30.2 Å². The largest absolute Gasteiger partial charge is 0.496 e. The Labute approximate surface area is 131 Å². The number of hydrogen-bond donors (Lipinski definition) is 0. The molecule has 0 atom stereocenters. The molecule has 1 aromatic carbocycles. The number of hydrogen-bond acceptors (Lipinski definition) is 4. The number of para-hydroxylation sites is 1. The molecule has 2 aromatic rings. The van der Waals surface area contributed by atoms with Crippen molar-refractivity contribution in [3.05, 3.63) is 35.3 Å². The molecule has 1 heterocycles. The fraction of sp³-hybridized carbons (Fsp3) is 0.471. The summed E-state index contributed by atoms with van der Waals surface area (Å²) in [6.07, 6.45) is 2.48. The molecule has 0 unspecified atom stereocenters. The maximum atomic E-state index is 5.42. The average Bonchev–Trinajstić information content (AvgIpc) is 2.99. The minimum atomic E-state index is 0.886. The Morgan fingerprint density at radius 3 is 2.76 bits per heavy atom. The van der Waals surface area contributed by atoms with E-state index >= 15 is 0 Å². The molecule has 1 aromatic heterocycles. The lowest BCUT2D eigenvalue weighted by molar-refractivity contribution is 0.273. The SMILES string of the molecule is CCCCN(CC)Cc1csc(-c2ccccc2OC)n1. The Hall–Kier alpha value is -1.39. The van der Waals surface area contributed by atoms with E-state index in [-0.39, 0.29) is 0 Å². The Morgan fingerprint density at radius 2 is 2.05 bits per heavy atom. The van der Waals surface area contributed by atoms with E-state index in [1.54, 1.807) is 18.4 Å². The summed E-state index contributed by atoms with van der Waals surface area (Å²) in [7, 11) is 1.71. The van der Waals surface area contributed by atoms with Gasteiger partial charge in [0.15, 0.2) is 0 Å². The molecule has 2 rings (SSSR count). The first kappa shape index (κ1) is 16.0. The summed E-state index contributed by atoms with van der Waals surface area (Å²) in [6.45, 7) is 7.60. The lowest BCUT2D eigenvalue weighted by Crippen LogP contribution is -2.24. The van der Waals surface area contributed by atoms with Crippen LogP contribution >= 0.6 is 11.3 Å². The van der Waals surface area contributed by atoms with E-state index < -0.39 is 0 Å². The summed E-state index contributed by atoms with van der Waals surface area (Å²) in [4.78, 5) is 7.23. The minimum Gasteiger partial charge on any atom is -0.496 e. The summed E-state index contributed by atoms with van der Waals surface area (Å²) in [5, 5.41) is 3.20. The maximum Gasteiger partial charge on any atom is 0.129 e. The van der Waals surface area contributed by atoms with E-state index in [0.717, 1.165) is 41.6 Å². The van der Waals surface area contributed by atoms with Gasteiger partial charge in [0.05, 0.1) is 18.4 Å². The molecule has 4 heteroatoms. The summed E-state index contributed by atoms with van der Waals surface area (Å²) in [5.74, 6) is 0.886. The van der Waals surface area contributed by atoms with Crippen molar-refractivity contribution in [1.82, 2.24) is 9.88 Å². The zero-order valence-electron chi connectivity index (χ0n) is 13.1. The Bertz CT molecular complexity index is 553. The van der Waals surface area contributed by atoms with Crippen molar-refractivity contribution in [2.24, 2.45) is 0 Å². The third kappa shape index (κ3) is 4.29. The molecular weight excluding hydrogens is 280 g/mol. The van der Waals surface area contributed by atoms with Crippen LogP contribution in [-0.2, 0) is 6.54 Å². The van der Waals surface area contributed by atoms with Crippen LogP contribution in [0, 0.1) is 0 Å². The molecule has 0 aliphatic rings. The normalized spacial score (nSPS) is 11.0. The maximum absolute atomic E-state index is 5.42. The fourth-order valence-electron chi connectivity index (χ4n) is 2.28. The van der Waals surface area contributed by atoms with Gasteiger partial charge in [-0.2, -0.15) is 0 Å². The molecule has 114 valence electrons. The number of thiazole rings is 1. The highest BCUT2D eigenvalue weighted by molar-refractivity contribution is 7.13. The van der Waals surface area contributed by atoms with Gasteiger partial charge in [-0.15, -0.1) is 11.3 Å². The van der Waals surface area contributed by atoms with Gasteiger partial charge in [-0.25, -0.2) is 4.98 Å². The number of benzene rings is 1. The van der Waals surface area contributed by atoms with Crippen molar-refractivity contribution in [2.75, 3.05) is 20.2 Å². The second kappa shape index (κ2) is 8.15. The summed E-state index contributed by atoms with van der Waals surface area (Å²) in [6, 6.07) is 8.06. The molecule has 21 heavy (non-hydrogen) atoms. The molecule has 3 nitrogen and oxygen atoms in total. The van der Waals surface area contributed by atoms with E-state index in [9.17, 15) is 0 Å². The summed E-state index contributed by atoms with van der Waals surface area (Å²) >= 11 is 1.69. The molecule has 0 spiro atoms. The lowest BCUT2D eigenvalue weighted by atomic mass is 10.2.